The highest BCUT2D eigenvalue weighted by Gasteiger charge is 2.33. The SMILES string of the molecule is CCC(C)N(CC(=O)O)C(=O)C(CN(C)Cc1ccccc1)NC(=O)OCC1c2ccccc2-c2ccccc21. The van der Waals surface area contributed by atoms with E-state index in [1.54, 1.807) is 6.92 Å². The molecule has 0 fully saturated rings. The number of nitrogens with one attached hydrogen (secondary N) is 1. The number of aliphatic carboxylic acids is 1. The van der Waals surface area contributed by atoms with E-state index < -0.39 is 30.6 Å². The Morgan fingerprint density at radius 3 is 2.08 bits per heavy atom. The minimum atomic E-state index is -1.11. The first-order valence-corrected chi connectivity index (χ1v) is 13.6. The number of nitrogens with zero attached hydrogens (tertiary/aromatic N) is 2. The van der Waals surface area contributed by atoms with Gasteiger partial charge in [-0.15, -0.1) is 0 Å². The van der Waals surface area contributed by atoms with E-state index in [2.05, 4.69) is 17.4 Å². The molecule has 8 heteroatoms. The molecule has 0 spiro atoms. The second-order valence-electron chi connectivity index (χ2n) is 10.3. The monoisotopic (exact) mass is 543 g/mol. The smallest absolute Gasteiger partial charge is 0.407 e. The molecule has 2 N–H and O–H groups in total. The third-order valence-corrected chi connectivity index (χ3v) is 7.43. The fourth-order valence-electron chi connectivity index (χ4n) is 5.26. The molecule has 210 valence electrons. The van der Waals surface area contributed by atoms with Crippen molar-refractivity contribution in [2.75, 3.05) is 26.7 Å². The first-order chi connectivity index (χ1) is 19.3. The van der Waals surface area contributed by atoms with Gasteiger partial charge in [-0.05, 0) is 48.2 Å². The number of ether oxygens (including phenoxy) is 1. The Balaban J connectivity index is 1.49. The Hall–Kier alpha value is -4.17. The number of alkyl carbamates (subject to hydrolysis) is 1. The highest BCUT2D eigenvalue weighted by molar-refractivity contribution is 5.88. The molecule has 4 rings (SSSR count). The number of carbonyl (C=O) groups is 3. The van der Waals surface area contributed by atoms with Gasteiger partial charge in [-0.2, -0.15) is 0 Å². The Labute approximate surface area is 235 Å². The van der Waals surface area contributed by atoms with Crippen LogP contribution in [0.2, 0.25) is 0 Å². The summed E-state index contributed by atoms with van der Waals surface area (Å²) in [5.41, 5.74) is 5.50. The number of fused-ring (bicyclic) bond motifs is 3. The van der Waals surface area contributed by atoms with Crippen LogP contribution in [0.3, 0.4) is 0 Å². The molecule has 0 bridgehead atoms. The predicted molar refractivity (Wildman–Crippen MR) is 154 cm³/mol. The second kappa shape index (κ2) is 13.3. The minimum Gasteiger partial charge on any atom is -0.480 e. The molecule has 2 amide bonds. The van der Waals surface area contributed by atoms with Gasteiger partial charge in [0.15, 0.2) is 0 Å². The molecule has 3 aromatic carbocycles. The minimum absolute atomic E-state index is 0.114. The van der Waals surface area contributed by atoms with Crippen molar-refractivity contribution in [2.45, 2.75) is 44.8 Å². The summed E-state index contributed by atoms with van der Waals surface area (Å²) in [5.74, 6) is -1.67. The normalized spacial score (nSPS) is 13.7. The summed E-state index contributed by atoms with van der Waals surface area (Å²) in [7, 11) is 1.86. The average molecular weight is 544 g/mol. The van der Waals surface area contributed by atoms with E-state index in [0.717, 1.165) is 27.8 Å². The van der Waals surface area contributed by atoms with Gasteiger partial charge in [0.25, 0.3) is 0 Å². The van der Waals surface area contributed by atoms with Crippen LogP contribution in [0.4, 0.5) is 4.79 Å². The Morgan fingerprint density at radius 1 is 0.925 bits per heavy atom. The molecule has 0 heterocycles. The van der Waals surface area contributed by atoms with Crippen molar-refractivity contribution in [3.05, 3.63) is 95.6 Å². The molecule has 2 unspecified atom stereocenters. The van der Waals surface area contributed by atoms with Crippen LogP contribution < -0.4 is 5.32 Å². The van der Waals surface area contributed by atoms with Crippen molar-refractivity contribution < 1.29 is 24.2 Å². The van der Waals surface area contributed by atoms with Crippen LogP contribution in [-0.2, 0) is 20.9 Å². The van der Waals surface area contributed by atoms with Crippen molar-refractivity contribution in [3.8, 4) is 11.1 Å². The van der Waals surface area contributed by atoms with Gasteiger partial charge >= 0.3 is 12.1 Å². The fraction of sp³-hybridized carbons (Fsp3) is 0.344. The Bertz CT molecular complexity index is 1280. The number of benzene rings is 3. The van der Waals surface area contributed by atoms with E-state index in [-0.39, 0.29) is 25.1 Å². The van der Waals surface area contributed by atoms with Crippen molar-refractivity contribution in [2.24, 2.45) is 0 Å². The number of carboxylic acid groups (broad SMARTS) is 1. The molecule has 0 aliphatic heterocycles. The highest BCUT2D eigenvalue weighted by Crippen LogP contribution is 2.44. The first kappa shape index (κ1) is 28.8. The van der Waals surface area contributed by atoms with E-state index in [1.807, 2.05) is 85.6 Å². The number of hydrogen-bond donors (Lipinski definition) is 2. The first-order valence-electron chi connectivity index (χ1n) is 13.6. The second-order valence-corrected chi connectivity index (χ2v) is 10.3. The number of likely N-dealkylation sites (N-methyl/N-ethyl adjacent to an activating group) is 1. The molecule has 0 saturated carbocycles. The van der Waals surface area contributed by atoms with Gasteiger partial charge < -0.3 is 20.1 Å². The number of rotatable bonds is 12. The van der Waals surface area contributed by atoms with E-state index in [4.69, 9.17) is 4.74 Å². The maximum atomic E-state index is 13.7. The third kappa shape index (κ3) is 6.87. The largest absolute Gasteiger partial charge is 0.480 e. The quantitative estimate of drug-likeness (QED) is 0.343. The maximum absolute atomic E-state index is 13.7. The molecule has 3 aromatic rings. The maximum Gasteiger partial charge on any atom is 0.407 e. The van der Waals surface area contributed by atoms with Crippen LogP contribution >= 0.6 is 0 Å². The van der Waals surface area contributed by atoms with Gasteiger partial charge in [-0.25, -0.2) is 4.79 Å². The molecule has 0 saturated heterocycles. The van der Waals surface area contributed by atoms with E-state index in [1.165, 1.54) is 4.90 Å². The van der Waals surface area contributed by atoms with Gasteiger partial charge in [0.2, 0.25) is 5.91 Å². The van der Waals surface area contributed by atoms with Crippen LogP contribution in [0.25, 0.3) is 11.1 Å². The van der Waals surface area contributed by atoms with E-state index >= 15 is 0 Å². The van der Waals surface area contributed by atoms with Gasteiger partial charge in [-0.1, -0.05) is 85.8 Å². The summed E-state index contributed by atoms with van der Waals surface area (Å²) >= 11 is 0. The summed E-state index contributed by atoms with van der Waals surface area (Å²) < 4.78 is 5.71. The predicted octanol–water partition coefficient (Wildman–Crippen LogP) is 4.74. The molecule has 40 heavy (non-hydrogen) atoms. The van der Waals surface area contributed by atoms with Crippen molar-refractivity contribution >= 4 is 18.0 Å². The van der Waals surface area contributed by atoms with Gasteiger partial charge in [0.05, 0.1) is 0 Å². The fourth-order valence-corrected chi connectivity index (χ4v) is 5.26. The molecule has 0 aromatic heterocycles. The van der Waals surface area contributed by atoms with E-state index in [0.29, 0.717) is 13.0 Å². The Kier molecular flexibility index (Phi) is 9.56. The molecule has 8 nitrogen and oxygen atoms in total. The summed E-state index contributed by atoms with van der Waals surface area (Å²) in [6.07, 6.45) is -0.135. The molecular formula is C32H37N3O5. The lowest BCUT2D eigenvalue weighted by atomic mass is 9.98. The molecule has 1 aliphatic carbocycles. The molecule has 0 radical (unpaired) electrons. The lowest BCUT2D eigenvalue weighted by Crippen LogP contribution is -2.56. The van der Waals surface area contributed by atoms with Crippen LogP contribution in [0, 0.1) is 0 Å². The molecular weight excluding hydrogens is 506 g/mol. The summed E-state index contributed by atoms with van der Waals surface area (Å²) in [5, 5.41) is 12.2. The Morgan fingerprint density at radius 2 is 1.50 bits per heavy atom. The van der Waals surface area contributed by atoms with Gasteiger partial charge in [0.1, 0.15) is 19.2 Å². The highest BCUT2D eigenvalue weighted by atomic mass is 16.5. The number of hydrogen-bond acceptors (Lipinski definition) is 5. The topological polar surface area (TPSA) is 99.2 Å². The summed E-state index contributed by atoms with van der Waals surface area (Å²) in [6, 6.07) is 24.7. The zero-order valence-electron chi connectivity index (χ0n) is 23.2. The van der Waals surface area contributed by atoms with Gasteiger partial charge in [0, 0.05) is 25.0 Å². The van der Waals surface area contributed by atoms with Crippen LogP contribution in [0.1, 0.15) is 42.9 Å². The number of carbonyl (C=O) groups excluding carboxylic acids is 2. The van der Waals surface area contributed by atoms with Crippen LogP contribution in [0.5, 0.6) is 0 Å². The number of amides is 2. The molecule has 1 aliphatic rings. The third-order valence-electron chi connectivity index (χ3n) is 7.43. The lowest BCUT2D eigenvalue weighted by Gasteiger charge is -2.32. The van der Waals surface area contributed by atoms with E-state index in [9.17, 15) is 19.5 Å². The standard InChI is InChI=1S/C32H37N3O5/c1-4-22(2)35(20-30(36)37)31(38)29(19-34(3)18-23-12-6-5-7-13-23)33-32(39)40-21-28-26-16-10-8-14-24(26)25-15-9-11-17-27(25)28/h5-17,22,28-29H,4,18-21H2,1-3H3,(H,33,39)(H,36,37). The zero-order chi connectivity index (χ0) is 28.6. The summed E-state index contributed by atoms with van der Waals surface area (Å²) in [4.78, 5) is 41.6. The van der Waals surface area contributed by atoms with Gasteiger partial charge in [-0.3, -0.25) is 14.5 Å². The lowest BCUT2D eigenvalue weighted by molar-refractivity contribution is -0.147. The average Bonchev–Trinajstić information content (AvgIpc) is 3.27. The van der Waals surface area contributed by atoms with Crippen molar-refractivity contribution in [3.63, 3.8) is 0 Å². The van der Waals surface area contributed by atoms with Crippen LogP contribution in [-0.4, -0.2) is 71.7 Å². The number of carboxylic acids is 1. The summed E-state index contributed by atoms with van der Waals surface area (Å²) in [6.45, 7) is 4.11. The zero-order valence-corrected chi connectivity index (χ0v) is 23.2. The van der Waals surface area contributed by atoms with Crippen molar-refractivity contribution in [1.29, 1.82) is 0 Å². The van der Waals surface area contributed by atoms with Crippen molar-refractivity contribution in [1.82, 2.24) is 15.1 Å². The van der Waals surface area contributed by atoms with Crippen LogP contribution in [0.15, 0.2) is 78.9 Å². The molecule has 2 atom stereocenters.